The highest BCUT2D eigenvalue weighted by Crippen LogP contribution is 2.28. The van der Waals surface area contributed by atoms with E-state index in [-0.39, 0.29) is 11.4 Å². The molecule has 2 rings (SSSR count). The van der Waals surface area contributed by atoms with Crippen LogP contribution in [0.25, 0.3) is 0 Å². The molecule has 0 radical (unpaired) electrons. The number of nitrogens with zero attached hydrogens (tertiary/aromatic N) is 1. The van der Waals surface area contributed by atoms with E-state index in [0.717, 1.165) is 25.7 Å². The number of nitrogens with two attached hydrogens (primary N) is 1. The molecule has 4 N–H and O–H groups in total. The molecule has 5 nitrogen and oxygen atoms in total. The van der Waals surface area contributed by atoms with E-state index >= 15 is 0 Å². The maximum absolute atomic E-state index is 11.7. The summed E-state index contributed by atoms with van der Waals surface area (Å²) in [5.74, 6) is 0.434. The molecular formula is C11H18N4O. The summed E-state index contributed by atoms with van der Waals surface area (Å²) < 4.78 is 0. The van der Waals surface area contributed by atoms with Crippen molar-refractivity contribution in [2.24, 2.45) is 5.73 Å². The third kappa shape index (κ3) is 2.82. The molecule has 1 fully saturated rings. The molecule has 0 aromatic carbocycles. The standard InChI is InChI=1S/C11H18N4O/c12-11(4-2-1-3-5-11)8-9(16)15-10-13-6-7-14-10/h6-7H,1-5,8,12H2,(H2,13,14,15,16). The molecule has 88 valence electrons. The van der Waals surface area contributed by atoms with E-state index in [1.54, 1.807) is 12.4 Å². The Morgan fingerprint density at radius 1 is 1.50 bits per heavy atom. The van der Waals surface area contributed by atoms with E-state index in [2.05, 4.69) is 15.3 Å². The number of anilines is 1. The summed E-state index contributed by atoms with van der Waals surface area (Å²) in [4.78, 5) is 18.5. The predicted octanol–water partition coefficient (Wildman–Crippen LogP) is 1.40. The van der Waals surface area contributed by atoms with Gasteiger partial charge in [0.05, 0.1) is 0 Å². The van der Waals surface area contributed by atoms with Crippen LogP contribution in [0.4, 0.5) is 5.95 Å². The summed E-state index contributed by atoms with van der Waals surface area (Å²) in [5.41, 5.74) is 5.89. The van der Waals surface area contributed by atoms with Gasteiger partial charge in [-0.2, -0.15) is 0 Å². The third-order valence-corrected chi connectivity index (χ3v) is 3.12. The first-order valence-electron chi connectivity index (χ1n) is 5.76. The molecule has 1 heterocycles. The Labute approximate surface area is 94.8 Å². The van der Waals surface area contributed by atoms with E-state index in [0.29, 0.717) is 12.4 Å². The first-order chi connectivity index (χ1) is 7.68. The summed E-state index contributed by atoms with van der Waals surface area (Å²) in [6, 6.07) is 0. The fraction of sp³-hybridized carbons (Fsp3) is 0.636. The molecule has 0 saturated heterocycles. The summed E-state index contributed by atoms with van der Waals surface area (Å²) in [5, 5.41) is 2.71. The smallest absolute Gasteiger partial charge is 0.228 e. The monoisotopic (exact) mass is 222 g/mol. The lowest BCUT2D eigenvalue weighted by Gasteiger charge is -2.32. The first kappa shape index (κ1) is 11.1. The highest BCUT2D eigenvalue weighted by molar-refractivity contribution is 5.89. The fourth-order valence-electron chi connectivity index (χ4n) is 2.26. The largest absolute Gasteiger partial charge is 0.331 e. The normalized spacial score (nSPS) is 19.3. The van der Waals surface area contributed by atoms with Gasteiger partial charge < -0.3 is 10.7 Å². The van der Waals surface area contributed by atoms with Gasteiger partial charge in [0.1, 0.15) is 0 Å². The average molecular weight is 222 g/mol. The summed E-state index contributed by atoms with van der Waals surface area (Å²) in [6.45, 7) is 0. The minimum absolute atomic E-state index is 0.0562. The molecule has 0 atom stereocenters. The number of nitrogens with one attached hydrogen (secondary N) is 2. The zero-order valence-corrected chi connectivity index (χ0v) is 9.33. The quantitative estimate of drug-likeness (QED) is 0.722. The molecule has 16 heavy (non-hydrogen) atoms. The number of H-pyrrole nitrogens is 1. The summed E-state index contributed by atoms with van der Waals surface area (Å²) in [6.07, 6.45) is 9.04. The molecule has 1 amide bonds. The third-order valence-electron chi connectivity index (χ3n) is 3.12. The predicted molar refractivity (Wildman–Crippen MR) is 61.8 cm³/mol. The number of carbonyl (C=O) groups excluding carboxylic acids is 1. The van der Waals surface area contributed by atoms with Crippen LogP contribution in [0.1, 0.15) is 38.5 Å². The Balaban J connectivity index is 1.86. The molecule has 1 aliphatic carbocycles. The van der Waals surface area contributed by atoms with Crippen LogP contribution >= 0.6 is 0 Å². The van der Waals surface area contributed by atoms with Crippen molar-refractivity contribution in [1.29, 1.82) is 0 Å². The van der Waals surface area contributed by atoms with Crippen molar-refractivity contribution in [2.45, 2.75) is 44.1 Å². The van der Waals surface area contributed by atoms with Crippen molar-refractivity contribution in [3.63, 3.8) is 0 Å². The van der Waals surface area contributed by atoms with E-state index in [4.69, 9.17) is 5.73 Å². The van der Waals surface area contributed by atoms with E-state index in [1.807, 2.05) is 0 Å². The lowest BCUT2D eigenvalue weighted by Crippen LogP contribution is -2.44. The van der Waals surface area contributed by atoms with Crippen LogP contribution in [0.2, 0.25) is 0 Å². The van der Waals surface area contributed by atoms with Crippen LogP contribution in [-0.2, 0) is 4.79 Å². The van der Waals surface area contributed by atoms with Crippen molar-refractivity contribution in [3.05, 3.63) is 12.4 Å². The number of hydrogen-bond donors (Lipinski definition) is 3. The maximum atomic E-state index is 11.7. The van der Waals surface area contributed by atoms with Gasteiger partial charge in [0.25, 0.3) is 0 Å². The van der Waals surface area contributed by atoms with Crippen molar-refractivity contribution in [3.8, 4) is 0 Å². The molecule has 1 aliphatic rings. The van der Waals surface area contributed by atoms with E-state index in [9.17, 15) is 4.79 Å². The Bertz CT molecular complexity index is 341. The van der Waals surface area contributed by atoms with Gasteiger partial charge >= 0.3 is 0 Å². The van der Waals surface area contributed by atoms with Gasteiger partial charge in [0, 0.05) is 24.4 Å². The van der Waals surface area contributed by atoms with E-state index < -0.39 is 0 Å². The second-order valence-corrected chi connectivity index (χ2v) is 4.59. The molecule has 1 aromatic heterocycles. The van der Waals surface area contributed by atoms with Gasteiger partial charge in [-0.05, 0) is 12.8 Å². The SMILES string of the molecule is NC1(CC(=O)Nc2ncc[nH]2)CCCCC1. The number of aromatic nitrogens is 2. The maximum Gasteiger partial charge on any atom is 0.228 e. The van der Waals surface area contributed by atoms with Gasteiger partial charge in [-0.3, -0.25) is 10.1 Å². The molecule has 0 spiro atoms. The van der Waals surface area contributed by atoms with Crippen LogP contribution in [-0.4, -0.2) is 21.4 Å². The Hall–Kier alpha value is -1.36. The van der Waals surface area contributed by atoms with Crippen LogP contribution in [0.15, 0.2) is 12.4 Å². The minimum atomic E-state index is -0.311. The molecule has 5 heteroatoms. The number of rotatable bonds is 3. The van der Waals surface area contributed by atoms with Gasteiger partial charge in [-0.15, -0.1) is 0 Å². The fourth-order valence-corrected chi connectivity index (χ4v) is 2.26. The number of amides is 1. The van der Waals surface area contributed by atoms with Crippen molar-refractivity contribution < 1.29 is 4.79 Å². The topological polar surface area (TPSA) is 83.8 Å². The molecule has 0 unspecified atom stereocenters. The lowest BCUT2D eigenvalue weighted by atomic mass is 9.80. The van der Waals surface area contributed by atoms with Gasteiger partial charge in [-0.1, -0.05) is 19.3 Å². The van der Waals surface area contributed by atoms with Gasteiger partial charge in [0.2, 0.25) is 11.9 Å². The number of imidazole rings is 1. The van der Waals surface area contributed by atoms with E-state index in [1.165, 1.54) is 6.42 Å². The number of carbonyl (C=O) groups is 1. The Kier molecular flexibility index (Phi) is 3.24. The van der Waals surface area contributed by atoms with Crippen LogP contribution in [0.5, 0.6) is 0 Å². The zero-order chi connectivity index (χ0) is 11.4. The average Bonchev–Trinajstić information content (AvgIpc) is 2.70. The van der Waals surface area contributed by atoms with Crippen molar-refractivity contribution >= 4 is 11.9 Å². The van der Waals surface area contributed by atoms with Gasteiger partial charge in [-0.25, -0.2) is 4.98 Å². The van der Waals surface area contributed by atoms with Crippen LogP contribution in [0, 0.1) is 0 Å². The van der Waals surface area contributed by atoms with Crippen molar-refractivity contribution in [2.75, 3.05) is 5.32 Å². The summed E-state index contributed by atoms with van der Waals surface area (Å²) in [7, 11) is 0. The molecular weight excluding hydrogens is 204 g/mol. The van der Waals surface area contributed by atoms with Crippen LogP contribution < -0.4 is 11.1 Å². The Morgan fingerprint density at radius 3 is 2.88 bits per heavy atom. The highest BCUT2D eigenvalue weighted by atomic mass is 16.1. The Morgan fingerprint density at radius 2 is 2.25 bits per heavy atom. The highest BCUT2D eigenvalue weighted by Gasteiger charge is 2.30. The first-order valence-corrected chi connectivity index (χ1v) is 5.76. The zero-order valence-electron chi connectivity index (χ0n) is 9.33. The van der Waals surface area contributed by atoms with Crippen LogP contribution in [0.3, 0.4) is 0 Å². The van der Waals surface area contributed by atoms with Crippen molar-refractivity contribution in [1.82, 2.24) is 9.97 Å². The molecule has 0 bridgehead atoms. The lowest BCUT2D eigenvalue weighted by molar-refractivity contribution is -0.117. The minimum Gasteiger partial charge on any atom is -0.331 e. The molecule has 1 aromatic rings. The number of hydrogen-bond acceptors (Lipinski definition) is 3. The second-order valence-electron chi connectivity index (χ2n) is 4.59. The summed E-state index contributed by atoms with van der Waals surface area (Å²) >= 11 is 0. The second kappa shape index (κ2) is 4.65. The molecule has 0 aliphatic heterocycles. The number of aromatic amines is 1. The molecule has 1 saturated carbocycles. The van der Waals surface area contributed by atoms with Gasteiger partial charge in [0.15, 0.2) is 0 Å².